The summed E-state index contributed by atoms with van der Waals surface area (Å²) in [5.41, 5.74) is 6.14. The zero-order valence-electron chi connectivity index (χ0n) is 23.6. The minimum Gasteiger partial charge on any atom is -0.493 e. The fraction of sp³-hybridized carbons (Fsp3) is 0.312. The first-order chi connectivity index (χ1) is 19.4. The molecule has 2 aromatic heterocycles. The van der Waals surface area contributed by atoms with Gasteiger partial charge in [-0.05, 0) is 60.5 Å². The number of amides is 1. The third kappa shape index (κ3) is 6.19. The van der Waals surface area contributed by atoms with Gasteiger partial charge in [-0.3, -0.25) is 9.69 Å². The number of aromatic amines is 1. The standard InChI is InChI=1S/C32H37N5O3/c1-22(25-9-11-28(39-3)29(19-25)40-4)35-30(38)12-10-26-20-34-32-31(26)27(13-14-33-32)24-7-5-23(6-8-24)21-37-17-15-36(2)16-18-37/h5-14,19-20,22H,15-18,21H2,1-4H3,(H,33,34)(H,35,38)/b12-10+/t22-/m1/s1. The van der Waals surface area contributed by atoms with Crippen LogP contribution in [0.3, 0.4) is 0 Å². The van der Waals surface area contributed by atoms with Gasteiger partial charge >= 0.3 is 0 Å². The number of hydrogen-bond donors (Lipinski definition) is 2. The predicted octanol–water partition coefficient (Wildman–Crippen LogP) is 4.89. The van der Waals surface area contributed by atoms with Crippen molar-refractivity contribution in [1.82, 2.24) is 25.1 Å². The molecule has 8 heteroatoms. The lowest BCUT2D eigenvalue weighted by Crippen LogP contribution is -2.43. The summed E-state index contributed by atoms with van der Waals surface area (Å²) in [6.07, 6.45) is 7.11. The van der Waals surface area contributed by atoms with Crippen molar-refractivity contribution < 1.29 is 14.3 Å². The van der Waals surface area contributed by atoms with Gasteiger partial charge in [0.25, 0.3) is 0 Å². The Labute approximate surface area is 235 Å². The molecule has 0 unspecified atom stereocenters. The maximum absolute atomic E-state index is 12.8. The van der Waals surface area contributed by atoms with E-state index in [9.17, 15) is 4.79 Å². The Bertz CT molecular complexity index is 1490. The fourth-order valence-electron chi connectivity index (χ4n) is 5.14. The lowest BCUT2D eigenvalue weighted by molar-refractivity contribution is -0.117. The van der Waals surface area contributed by atoms with Crippen molar-refractivity contribution in [3.63, 3.8) is 0 Å². The molecule has 40 heavy (non-hydrogen) atoms. The van der Waals surface area contributed by atoms with Gasteiger partial charge in [0, 0.05) is 62.1 Å². The van der Waals surface area contributed by atoms with Crippen LogP contribution in [-0.4, -0.2) is 73.1 Å². The topological polar surface area (TPSA) is 82.7 Å². The van der Waals surface area contributed by atoms with Crippen molar-refractivity contribution in [2.24, 2.45) is 0 Å². The number of H-pyrrole nitrogens is 1. The minimum absolute atomic E-state index is 0.185. The number of nitrogens with one attached hydrogen (secondary N) is 2. The average molecular weight is 540 g/mol. The number of aromatic nitrogens is 2. The zero-order chi connectivity index (χ0) is 28.1. The number of fused-ring (bicyclic) bond motifs is 1. The summed E-state index contributed by atoms with van der Waals surface area (Å²) in [6.45, 7) is 7.34. The lowest BCUT2D eigenvalue weighted by Gasteiger charge is -2.32. The summed E-state index contributed by atoms with van der Waals surface area (Å²) < 4.78 is 10.7. The van der Waals surface area contributed by atoms with Crippen LogP contribution in [0, 0.1) is 0 Å². The highest BCUT2D eigenvalue weighted by Gasteiger charge is 2.15. The highest BCUT2D eigenvalue weighted by atomic mass is 16.5. The average Bonchev–Trinajstić information content (AvgIpc) is 3.40. The number of benzene rings is 2. The summed E-state index contributed by atoms with van der Waals surface area (Å²) in [5, 5.41) is 4.02. The predicted molar refractivity (Wildman–Crippen MR) is 159 cm³/mol. The highest BCUT2D eigenvalue weighted by Crippen LogP contribution is 2.32. The summed E-state index contributed by atoms with van der Waals surface area (Å²) in [7, 11) is 5.38. The zero-order valence-corrected chi connectivity index (χ0v) is 23.6. The SMILES string of the molecule is COc1ccc([C@@H](C)NC(=O)/C=C/c2c[nH]c3nccc(-c4ccc(CN5CCN(C)CC5)cc4)c23)cc1OC. The van der Waals surface area contributed by atoms with E-state index in [1.807, 2.05) is 49.7 Å². The van der Waals surface area contributed by atoms with E-state index in [-0.39, 0.29) is 11.9 Å². The third-order valence-electron chi connectivity index (χ3n) is 7.55. The van der Waals surface area contributed by atoms with E-state index in [4.69, 9.17) is 9.47 Å². The molecular weight excluding hydrogens is 502 g/mol. The Kier molecular flexibility index (Phi) is 8.48. The first-order valence-corrected chi connectivity index (χ1v) is 13.6. The molecule has 0 aliphatic carbocycles. The number of ether oxygens (including phenoxy) is 2. The van der Waals surface area contributed by atoms with Gasteiger partial charge in [0.05, 0.1) is 20.3 Å². The maximum Gasteiger partial charge on any atom is 0.244 e. The molecule has 0 saturated carbocycles. The Morgan fingerprint density at radius 2 is 1.80 bits per heavy atom. The third-order valence-corrected chi connectivity index (χ3v) is 7.55. The van der Waals surface area contributed by atoms with E-state index in [1.54, 1.807) is 20.3 Å². The van der Waals surface area contributed by atoms with E-state index in [1.165, 1.54) is 5.56 Å². The van der Waals surface area contributed by atoms with Gasteiger partial charge in [0.15, 0.2) is 11.5 Å². The number of carbonyl (C=O) groups excluding carboxylic acids is 1. The van der Waals surface area contributed by atoms with Gasteiger partial charge in [-0.15, -0.1) is 0 Å². The summed E-state index contributed by atoms with van der Waals surface area (Å²) in [5.74, 6) is 1.09. The molecule has 0 spiro atoms. The number of carbonyl (C=O) groups is 1. The Morgan fingerprint density at radius 3 is 2.52 bits per heavy atom. The molecular formula is C32H37N5O3. The van der Waals surface area contributed by atoms with E-state index in [0.717, 1.165) is 66.0 Å². The van der Waals surface area contributed by atoms with E-state index >= 15 is 0 Å². The molecule has 0 radical (unpaired) electrons. The monoisotopic (exact) mass is 539 g/mol. The molecule has 1 fully saturated rings. The highest BCUT2D eigenvalue weighted by molar-refractivity contribution is 6.01. The van der Waals surface area contributed by atoms with Crippen molar-refractivity contribution in [1.29, 1.82) is 0 Å². The molecule has 4 aromatic rings. The molecule has 8 nitrogen and oxygen atoms in total. The Hall–Kier alpha value is -4.14. The van der Waals surface area contributed by atoms with Gasteiger partial charge in [-0.2, -0.15) is 0 Å². The van der Waals surface area contributed by atoms with Crippen molar-refractivity contribution in [3.8, 4) is 22.6 Å². The van der Waals surface area contributed by atoms with Crippen LogP contribution in [0.15, 0.2) is 67.0 Å². The summed E-state index contributed by atoms with van der Waals surface area (Å²) in [6, 6.07) is 16.2. The smallest absolute Gasteiger partial charge is 0.244 e. The van der Waals surface area contributed by atoms with Crippen molar-refractivity contribution >= 4 is 23.0 Å². The van der Waals surface area contributed by atoms with Crippen molar-refractivity contribution in [3.05, 3.63) is 83.7 Å². The quantitative estimate of drug-likeness (QED) is 0.295. The summed E-state index contributed by atoms with van der Waals surface area (Å²) in [4.78, 5) is 25.5. The van der Waals surface area contributed by atoms with Crippen LogP contribution in [0.5, 0.6) is 11.5 Å². The lowest BCUT2D eigenvalue weighted by atomic mass is 9.99. The number of piperazine rings is 1. The normalized spacial score (nSPS) is 15.4. The van der Waals surface area contributed by atoms with Gasteiger partial charge in [-0.1, -0.05) is 30.3 Å². The van der Waals surface area contributed by atoms with E-state index in [0.29, 0.717) is 11.5 Å². The molecule has 3 heterocycles. The molecule has 1 saturated heterocycles. The Balaban J connectivity index is 1.30. The number of methoxy groups -OCH3 is 2. The number of likely N-dealkylation sites (N-methyl/N-ethyl adjacent to an activating group) is 1. The molecule has 208 valence electrons. The van der Waals surface area contributed by atoms with E-state index < -0.39 is 0 Å². The van der Waals surface area contributed by atoms with Gasteiger partial charge < -0.3 is 24.7 Å². The number of nitrogens with zero attached hydrogens (tertiary/aromatic N) is 3. The van der Waals surface area contributed by atoms with Crippen molar-refractivity contribution in [2.45, 2.75) is 19.5 Å². The van der Waals surface area contributed by atoms with Gasteiger partial charge in [0.2, 0.25) is 5.91 Å². The largest absolute Gasteiger partial charge is 0.493 e. The number of rotatable bonds is 9. The molecule has 1 atom stereocenters. The van der Waals surface area contributed by atoms with Crippen LogP contribution in [0.25, 0.3) is 28.2 Å². The number of hydrogen-bond acceptors (Lipinski definition) is 6. The number of pyridine rings is 1. The van der Waals surface area contributed by atoms with Crippen LogP contribution in [-0.2, 0) is 11.3 Å². The van der Waals surface area contributed by atoms with Crippen molar-refractivity contribution in [2.75, 3.05) is 47.4 Å². The minimum atomic E-state index is -0.207. The second-order valence-corrected chi connectivity index (χ2v) is 10.3. The first kappa shape index (κ1) is 27.4. The van der Waals surface area contributed by atoms with Gasteiger partial charge in [-0.25, -0.2) is 4.98 Å². The van der Waals surface area contributed by atoms with Crippen LogP contribution in [0.1, 0.15) is 29.7 Å². The fourth-order valence-corrected chi connectivity index (χ4v) is 5.14. The van der Waals surface area contributed by atoms with Crippen LogP contribution >= 0.6 is 0 Å². The van der Waals surface area contributed by atoms with E-state index in [2.05, 4.69) is 56.4 Å². The summed E-state index contributed by atoms with van der Waals surface area (Å²) >= 11 is 0. The second-order valence-electron chi connectivity index (χ2n) is 10.3. The Morgan fingerprint density at radius 1 is 1.05 bits per heavy atom. The molecule has 2 N–H and O–H groups in total. The molecule has 1 aliphatic heterocycles. The second kappa shape index (κ2) is 12.4. The molecule has 2 aromatic carbocycles. The van der Waals surface area contributed by atoms with Crippen LogP contribution in [0.2, 0.25) is 0 Å². The molecule has 1 aliphatic rings. The molecule has 0 bridgehead atoms. The van der Waals surface area contributed by atoms with Crippen LogP contribution in [0.4, 0.5) is 0 Å². The maximum atomic E-state index is 12.8. The molecule has 5 rings (SSSR count). The van der Waals surface area contributed by atoms with Crippen LogP contribution < -0.4 is 14.8 Å². The van der Waals surface area contributed by atoms with Gasteiger partial charge in [0.1, 0.15) is 5.65 Å². The molecule has 1 amide bonds. The first-order valence-electron chi connectivity index (χ1n) is 13.6.